The maximum atomic E-state index is 4.60. The molecule has 0 amide bonds. The molecule has 0 bridgehead atoms. The summed E-state index contributed by atoms with van der Waals surface area (Å²) < 4.78 is 2.22. The Morgan fingerprint density at radius 2 is 1.52 bits per heavy atom. The molecule has 0 radical (unpaired) electrons. The normalized spacial score (nSPS) is 12.6. The zero-order valence-electron chi connectivity index (χ0n) is 23.5. The molecule has 0 saturated carbocycles. The Kier molecular flexibility index (Phi) is 9.57. The maximum absolute atomic E-state index is 4.60. The Hall–Kier alpha value is -3.73. The number of imidazole rings is 1. The second-order valence-electron chi connectivity index (χ2n) is 10.3. The van der Waals surface area contributed by atoms with E-state index in [-0.39, 0.29) is 20.1 Å². The topological polar surface area (TPSA) is 36.7 Å². The zero-order chi connectivity index (χ0) is 27.4. The van der Waals surface area contributed by atoms with E-state index in [0.29, 0.717) is 11.8 Å². The number of anilines is 1. The molecular formula is C34H34IrN5. The summed E-state index contributed by atoms with van der Waals surface area (Å²) in [6, 6.07) is 33.4. The molecule has 0 saturated heterocycles. The van der Waals surface area contributed by atoms with Crippen molar-refractivity contribution in [3.63, 3.8) is 0 Å². The number of hydrogen-bond acceptors (Lipinski definition) is 4. The van der Waals surface area contributed by atoms with Crippen LogP contribution in [0.1, 0.15) is 50.7 Å². The summed E-state index contributed by atoms with van der Waals surface area (Å²) in [7, 11) is 1.95. The Morgan fingerprint density at radius 3 is 2.17 bits per heavy atom. The van der Waals surface area contributed by atoms with Crippen molar-refractivity contribution in [2.24, 2.45) is 5.10 Å². The number of aromatic nitrogens is 2. The minimum Gasteiger partial charge on any atom is -0.493 e. The van der Waals surface area contributed by atoms with E-state index in [9.17, 15) is 0 Å². The smallest absolute Gasteiger partial charge is 0.493 e. The SMILES string of the molecule is CC(C)c1cccc(C(C)C)c1-n1ccnc1-c1[c-]cccc1.CN1C=NN(c2[c-]ccc3ccccc23)[CH-]1.[Ir+3]. The number of para-hydroxylation sites is 1. The molecule has 1 aliphatic heterocycles. The second kappa shape index (κ2) is 13.1. The number of fused-ring (bicyclic) bond motifs is 1. The van der Waals surface area contributed by atoms with E-state index in [1.54, 1.807) is 6.34 Å². The molecule has 0 spiro atoms. The van der Waals surface area contributed by atoms with Crippen molar-refractivity contribution in [1.29, 1.82) is 0 Å². The van der Waals surface area contributed by atoms with Crippen LogP contribution in [-0.2, 0) is 20.1 Å². The quantitative estimate of drug-likeness (QED) is 0.174. The molecule has 40 heavy (non-hydrogen) atoms. The molecule has 5 aromatic rings. The third kappa shape index (κ3) is 6.19. The molecular weight excluding hydrogens is 671 g/mol. The number of rotatable bonds is 5. The van der Waals surface area contributed by atoms with Gasteiger partial charge in [-0.1, -0.05) is 69.8 Å². The van der Waals surface area contributed by atoms with E-state index in [4.69, 9.17) is 0 Å². The van der Waals surface area contributed by atoms with Crippen LogP contribution in [0, 0.1) is 18.8 Å². The fraction of sp³-hybridized carbons (Fsp3) is 0.206. The van der Waals surface area contributed by atoms with Crippen LogP contribution in [0.5, 0.6) is 0 Å². The molecule has 5 nitrogen and oxygen atoms in total. The summed E-state index contributed by atoms with van der Waals surface area (Å²) in [4.78, 5) is 6.51. The van der Waals surface area contributed by atoms with Crippen molar-refractivity contribution in [2.45, 2.75) is 39.5 Å². The Bertz CT molecular complexity index is 1540. The Labute approximate surface area is 251 Å². The Morgan fingerprint density at radius 1 is 0.800 bits per heavy atom. The van der Waals surface area contributed by atoms with E-state index < -0.39 is 0 Å². The fourth-order valence-corrected chi connectivity index (χ4v) is 4.83. The average Bonchev–Trinajstić information content (AvgIpc) is 3.62. The van der Waals surface area contributed by atoms with Crippen molar-refractivity contribution in [2.75, 3.05) is 12.1 Å². The number of hydrazone groups is 1. The summed E-state index contributed by atoms with van der Waals surface area (Å²) >= 11 is 0. The van der Waals surface area contributed by atoms with Gasteiger partial charge in [0.2, 0.25) is 0 Å². The van der Waals surface area contributed by atoms with Gasteiger partial charge in [-0.05, 0) is 30.0 Å². The summed E-state index contributed by atoms with van der Waals surface area (Å²) in [6.45, 7) is 10.9. The molecule has 0 fully saturated rings. The summed E-state index contributed by atoms with van der Waals surface area (Å²) in [5, 5.41) is 8.48. The van der Waals surface area contributed by atoms with Crippen molar-refractivity contribution in [1.82, 2.24) is 14.5 Å². The van der Waals surface area contributed by atoms with Crippen molar-refractivity contribution in [3.05, 3.63) is 121 Å². The fourth-order valence-electron chi connectivity index (χ4n) is 4.83. The maximum Gasteiger partial charge on any atom is 3.00 e. The van der Waals surface area contributed by atoms with E-state index >= 15 is 0 Å². The Balaban J connectivity index is 0.000000191. The van der Waals surface area contributed by atoms with Crippen LogP contribution in [-0.4, -0.2) is 27.8 Å². The van der Waals surface area contributed by atoms with E-state index in [1.807, 2.05) is 66.2 Å². The standard InChI is InChI=1S/C21H23N2.C13H11N3.Ir/c1-15(2)18-11-8-12-19(16(3)4)20(18)23-14-13-22-21(23)17-9-6-5-7-10-17;1-15-9-14-16(10-15)13-8-4-6-11-5-2-3-7-12(11)13;/h5-9,11-16H,1-4H3;2-7,9-10H,1H3;/q-1;-2;+3. The van der Waals surface area contributed by atoms with Crippen LogP contribution in [0.2, 0.25) is 0 Å². The van der Waals surface area contributed by atoms with Gasteiger partial charge in [0.1, 0.15) is 0 Å². The predicted molar refractivity (Wildman–Crippen MR) is 162 cm³/mol. The monoisotopic (exact) mass is 705 g/mol. The minimum atomic E-state index is 0. The average molecular weight is 705 g/mol. The molecule has 1 aliphatic rings. The van der Waals surface area contributed by atoms with E-state index in [0.717, 1.165) is 22.5 Å². The van der Waals surface area contributed by atoms with Gasteiger partial charge >= 0.3 is 20.1 Å². The number of nitrogens with zero attached hydrogens (tertiary/aromatic N) is 5. The molecule has 0 unspecified atom stereocenters. The van der Waals surface area contributed by atoms with Crippen molar-refractivity contribution >= 4 is 22.8 Å². The first-order chi connectivity index (χ1) is 18.9. The molecule has 204 valence electrons. The van der Waals surface area contributed by atoms with Gasteiger partial charge < -0.3 is 14.5 Å². The van der Waals surface area contributed by atoms with Crippen molar-refractivity contribution < 1.29 is 20.1 Å². The molecule has 6 heteroatoms. The van der Waals surface area contributed by atoms with Crippen LogP contribution in [0.4, 0.5) is 5.69 Å². The van der Waals surface area contributed by atoms with Crippen LogP contribution in [0.3, 0.4) is 0 Å². The van der Waals surface area contributed by atoms with Crippen molar-refractivity contribution in [3.8, 4) is 17.1 Å². The van der Waals surface area contributed by atoms with Crippen LogP contribution >= 0.6 is 0 Å². The molecule has 4 aromatic carbocycles. The van der Waals surface area contributed by atoms with Gasteiger partial charge in [0, 0.05) is 18.1 Å². The molecule has 6 rings (SSSR count). The third-order valence-electron chi connectivity index (χ3n) is 6.75. The number of hydrogen-bond donors (Lipinski definition) is 0. The van der Waals surface area contributed by atoms with E-state index in [1.165, 1.54) is 22.2 Å². The number of benzene rings is 4. The van der Waals surface area contributed by atoms with Gasteiger partial charge in [-0.3, -0.25) is 4.98 Å². The van der Waals surface area contributed by atoms with Gasteiger partial charge in [0.15, 0.2) is 0 Å². The van der Waals surface area contributed by atoms with Gasteiger partial charge in [0.25, 0.3) is 0 Å². The molecule has 2 heterocycles. The first kappa shape index (κ1) is 29.3. The van der Waals surface area contributed by atoms with Gasteiger partial charge in [0.05, 0.1) is 12.2 Å². The summed E-state index contributed by atoms with van der Waals surface area (Å²) in [5.74, 6) is 1.86. The first-order valence-electron chi connectivity index (χ1n) is 13.4. The zero-order valence-corrected chi connectivity index (χ0v) is 25.9. The van der Waals surface area contributed by atoms with E-state index in [2.05, 4.69) is 103 Å². The predicted octanol–water partition coefficient (Wildman–Crippen LogP) is 8.04. The van der Waals surface area contributed by atoms with Gasteiger partial charge in [-0.15, -0.1) is 59.4 Å². The van der Waals surface area contributed by atoms with Crippen LogP contribution < -0.4 is 5.01 Å². The second-order valence-corrected chi connectivity index (χ2v) is 10.3. The molecule has 0 N–H and O–H groups in total. The minimum absolute atomic E-state index is 0. The summed E-state index contributed by atoms with van der Waals surface area (Å²) in [6.07, 6.45) is 5.70. The largest absolute Gasteiger partial charge is 3.00 e. The molecule has 0 aliphatic carbocycles. The molecule has 1 aromatic heterocycles. The van der Waals surface area contributed by atoms with Gasteiger partial charge in [-0.25, -0.2) is 0 Å². The van der Waals surface area contributed by atoms with Crippen LogP contribution in [0.15, 0.2) is 96.4 Å². The van der Waals surface area contributed by atoms with Crippen LogP contribution in [0.25, 0.3) is 27.8 Å². The van der Waals surface area contributed by atoms with Gasteiger partial charge in [-0.2, -0.15) is 23.3 Å². The first-order valence-corrected chi connectivity index (χ1v) is 13.4. The summed E-state index contributed by atoms with van der Waals surface area (Å²) in [5.41, 5.74) is 5.98. The third-order valence-corrected chi connectivity index (χ3v) is 6.75. The molecule has 0 atom stereocenters.